The lowest BCUT2D eigenvalue weighted by atomic mass is 10.6. The third-order valence-corrected chi connectivity index (χ3v) is 2.75. The summed E-state index contributed by atoms with van der Waals surface area (Å²) in [6, 6.07) is 0. The molecular weight excluding hydrogens is 134 g/mol. The molecule has 0 aromatic rings. The van der Waals surface area contributed by atoms with Crippen LogP contribution in [0.25, 0.3) is 0 Å². The van der Waals surface area contributed by atoms with Crippen molar-refractivity contribution in [2.75, 3.05) is 12.8 Å². The minimum Gasteiger partial charge on any atom is -0.253 e. The van der Waals surface area contributed by atoms with Crippen LogP contribution in [0.15, 0.2) is 0 Å². The predicted octanol–water partition coefficient (Wildman–Crippen LogP) is 0.637. The van der Waals surface area contributed by atoms with Crippen LogP contribution in [-0.2, 0) is 9.71 Å². The molecule has 0 aliphatic carbocycles. The van der Waals surface area contributed by atoms with E-state index in [0.717, 1.165) is 13.0 Å². The highest BCUT2D eigenvalue weighted by atomic mass is 32.2. The zero-order chi connectivity index (χ0) is 7.33. The van der Waals surface area contributed by atoms with E-state index < -0.39 is 9.71 Å². The Labute approximate surface area is 57.8 Å². The van der Waals surface area contributed by atoms with Crippen LogP contribution in [0.1, 0.15) is 20.3 Å². The summed E-state index contributed by atoms with van der Waals surface area (Å²) in [5.74, 6) is 0. The summed E-state index contributed by atoms with van der Waals surface area (Å²) in [5, 5.41) is 1.82. The SMILES string of the molecule is CCC=S(C)(=O)NCC. The maximum atomic E-state index is 11.2. The molecule has 0 rings (SSSR count). The van der Waals surface area contributed by atoms with Crippen molar-refractivity contribution < 1.29 is 4.21 Å². The van der Waals surface area contributed by atoms with Gasteiger partial charge in [-0.1, -0.05) is 13.8 Å². The summed E-state index contributed by atoms with van der Waals surface area (Å²) < 4.78 is 14.1. The van der Waals surface area contributed by atoms with Gasteiger partial charge in [-0.15, -0.1) is 0 Å². The summed E-state index contributed by atoms with van der Waals surface area (Å²) in [5.41, 5.74) is 0. The Morgan fingerprint density at radius 1 is 1.56 bits per heavy atom. The van der Waals surface area contributed by atoms with Gasteiger partial charge < -0.3 is 0 Å². The number of rotatable bonds is 3. The largest absolute Gasteiger partial charge is 0.253 e. The van der Waals surface area contributed by atoms with Crippen molar-refractivity contribution in [3.8, 4) is 0 Å². The Hall–Kier alpha value is -0.0200. The van der Waals surface area contributed by atoms with Crippen LogP contribution in [0, 0.1) is 0 Å². The van der Waals surface area contributed by atoms with Crippen molar-refractivity contribution in [3.63, 3.8) is 0 Å². The third-order valence-electron chi connectivity index (χ3n) is 0.916. The molecule has 0 aliphatic rings. The highest BCUT2D eigenvalue weighted by molar-refractivity contribution is 7.98. The average Bonchev–Trinajstić information content (AvgIpc) is 1.64. The van der Waals surface area contributed by atoms with E-state index in [1.807, 2.05) is 19.2 Å². The van der Waals surface area contributed by atoms with Crippen LogP contribution in [0.5, 0.6) is 0 Å². The van der Waals surface area contributed by atoms with Gasteiger partial charge in [0, 0.05) is 22.5 Å². The van der Waals surface area contributed by atoms with Gasteiger partial charge in [-0.05, 0) is 11.8 Å². The Morgan fingerprint density at radius 2 is 2.11 bits per heavy atom. The topological polar surface area (TPSA) is 29.1 Å². The van der Waals surface area contributed by atoms with Crippen molar-refractivity contribution in [2.24, 2.45) is 0 Å². The summed E-state index contributed by atoms with van der Waals surface area (Å²) in [7, 11) is -1.81. The van der Waals surface area contributed by atoms with Crippen LogP contribution in [-0.4, -0.2) is 22.4 Å². The highest BCUT2D eigenvalue weighted by Gasteiger charge is 1.91. The molecule has 0 spiro atoms. The predicted molar refractivity (Wildman–Crippen MR) is 44.1 cm³/mol. The van der Waals surface area contributed by atoms with Crippen molar-refractivity contribution in [1.82, 2.24) is 4.72 Å². The quantitative estimate of drug-likeness (QED) is 0.586. The van der Waals surface area contributed by atoms with Crippen LogP contribution in [0.3, 0.4) is 0 Å². The third kappa shape index (κ3) is 4.48. The number of nitrogens with one attached hydrogen (secondary N) is 1. The lowest BCUT2D eigenvalue weighted by molar-refractivity contribution is 0.675. The molecule has 1 unspecified atom stereocenters. The van der Waals surface area contributed by atoms with E-state index in [2.05, 4.69) is 4.72 Å². The van der Waals surface area contributed by atoms with Crippen molar-refractivity contribution in [3.05, 3.63) is 0 Å². The summed E-state index contributed by atoms with van der Waals surface area (Å²) >= 11 is 0. The zero-order valence-electron chi connectivity index (χ0n) is 6.31. The highest BCUT2D eigenvalue weighted by Crippen LogP contribution is 1.78. The zero-order valence-corrected chi connectivity index (χ0v) is 7.12. The lowest BCUT2D eigenvalue weighted by Gasteiger charge is -2.02. The van der Waals surface area contributed by atoms with E-state index in [1.165, 1.54) is 0 Å². The van der Waals surface area contributed by atoms with Gasteiger partial charge in [0.05, 0.1) is 0 Å². The smallest absolute Gasteiger partial charge is 0.0249 e. The fraction of sp³-hybridized carbons (Fsp3) is 0.833. The fourth-order valence-electron chi connectivity index (χ4n) is 0.664. The normalized spacial score (nSPS) is 16.8. The van der Waals surface area contributed by atoms with Gasteiger partial charge in [0.1, 0.15) is 0 Å². The van der Waals surface area contributed by atoms with E-state index in [4.69, 9.17) is 0 Å². The van der Waals surface area contributed by atoms with E-state index in [1.54, 1.807) is 6.26 Å². The summed E-state index contributed by atoms with van der Waals surface area (Å²) in [4.78, 5) is 0. The van der Waals surface area contributed by atoms with Crippen molar-refractivity contribution in [2.45, 2.75) is 20.3 Å². The van der Waals surface area contributed by atoms with Gasteiger partial charge in [0.25, 0.3) is 0 Å². The molecule has 0 fully saturated rings. The minimum absolute atomic E-state index is 0.770. The first-order valence-corrected chi connectivity index (χ1v) is 5.22. The summed E-state index contributed by atoms with van der Waals surface area (Å²) in [6.07, 6.45) is 2.59. The van der Waals surface area contributed by atoms with Gasteiger partial charge in [0.15, 0.2) is 0 Å². The van der Waals surface area contributed by atoms with Crippen LogP contribution >= 0.6 is 0 Å². The van der Waals surface area contributed by atoms with E-state index in [0.29, 0.717) is 0 Å². The fourth-order valence-corrected chi connectivity index (χ4v) is 1.99. The maximum Gasteiger partial charge on any atom is 0.0249 e. The van der Waals surface area contributed by atoms with E-state index in [-0.39, 0.29) is 0 Å². The Bertz CT molecular complexity index is 168. The molecular formula is C6H15NOS. The molecule has 9 heavy (non-hydrogen) atoms. The Balaban J connectivity index is 4.02. The van der Waals surface area contributed by atoms with Gasteiger partial charge in [-0.3, -0.25) is 4.21 Å². The van der Waals surface area contributed by atoms with Gasteiger partial charge in [-0.25, -0.2) is 4.72 Å². The molecule has 0 bridgehead atoms. The molecule has 0 aromatic carbocycles. The molecule has 0 saturated carbocycles. The van der Waals surface area contributed by atoms with Crippen molar-refractivity contribution in [1.29, 1.82) is 0 Å². The second-order valence-corrected chi connectivity index (χ2v) is 4.41. The Kier molecular flexibility index (Phi) is 3.89. The van der Waals surface area contributed by atoms with Gasteiger partial charge in [0.2, 0.25) is 0 Å². The molecule has 0 heterocycles. The minimum atomic E-state index is -1.81. The van der Waals surface area contributed by atoms with Crippen molar-refractivity contribution >= 4 is 15.1 Å². The van der Waals surface area contributed by atoms with Crippen LogP contribution < -0.4 is 4.72 Å². The Morgan fingerprint density at radius 3 is 2.44 bits per heavy atom. The number of hydrogen-bond donors (Lipinski definition) is 1. The molecule has 0 aromatic heterocycles. The molecule has 56 valence electrons. The molecule has 1 atom stereocenters. The molecule has 2 nitrogen and oxygen atoms in total. The second-order valence-electron chi connectivity index (χ2n) is 1.98. The van der Waals surface area contributed by atoms with E-state index in [9.17, 15) is 4.21 Å². The average molecular weight is 149 g/mol. The first-order chi connectivity index (χ1) is 4.12. The van der Waals surface area contributed by atoms with Gasteiger partial charge in [-0.2, -0.15) is 0 Å². The second kappa shape index (κ2) is 3.90. The molecule has 0 aliphatic heterocycles. The van der Waals surface area contributed by atoms with E-state index >= 15 is 0 Å². The monoisotopic (exact) mass is 149 g/mol. The molecule has 3 heteroatoms. The first kappa shape index (κ1) is 8.98. The maximum absolute atomic E-state index is 11.2. The molecule has 0 saturated heterocycles. The van der Waals surface area contributed by atoms with Gasteiger partial charge >= 0.3 is 0 Å². The molecule has 0 amide bonds. The van der Waals surface area contributed by atoms with Crippen LogP contribution in [0.4, 0.5) is 0 Å². The first-order valence-electron chi connectivity index (χ1n) is 3.19. The number of hydrogen-bond acceptors (Lipinski definition) is 1. The standard InChI is InChI=1S/C6H15NOS/c1-4-6-9(3,8)7-5-2/h6H,4-5H2,1-3H3,(H,7,8). The summed E-state index contributed by atoms with van der Waals surface area (Å²) in [6.45, 7) is 4.71. The lowest BCUT2D eigenvalue weighted by Crippen LogP contribution is -2.23. The molecule has 0 radical (unpaired) electrons. The molecule has 1 N–H and O–H groups in total. The van der Waals surface area contributed by atoms with Crippen LogP contribution in [0.2, 0.25) is 0 Å².